The second kappa shape index (κ2) is 18.4. The molecule has 0 spiro atoms. The zero-order valence-corrected chi connectivity index (χ0v) is 37.5. The summed E-state index contributed by atoms with van der Waals surface area (Å²) in [5.74, 6) is -3.34. The highest BCUT2D eigenvalue weighted by Crippen LogP contribution is 2.31. The van der Waals surface area contributed by atoms with Gasteiger partial charge in [-0.1, -0.05) is 23.7 Å². The number of nitrogens with zero attached hydrogens (tertiary/aromatic N) is 9. The fraction of sp³-hybridized carbons (Fsp3) is 0.378. The Morgan fingerprint density at radius 3 is 2.17 bits per heavy atom. The summed E-state index contributed by atoms with van der Waals surface area (Å²) in [7, 11) is 0. The van der Waals surface area contributed by atoms with Gasteiger partial charge in [-0.25, -0.2) is 19.0 Å². The van der Waals surface area contributed by atoms with Crippen molar-refractivity contribution >= 4 is 75.4 Å². The van der Waals surface area contributed by atoms with Gasteiger partial charge in [0.2, 0.25) is 5.91 Å². The molecule has 19 nitrogen and oxygen atoms in total. The van der Waals surface area contributed by atoms with Gasteiger partial charge in [-0.2, -0.15) is 9.94 Å². The van der Waals surface area contributed by atoms with Crippen LogP contribution in [0.5, 0.6) is 0 Å². The topological polar surface area (TPSA) is 227 Å². The number of halogens is 1. The van der Waals surface area contributed by atoms with Gasteiger partial charge in [0.1, 0.15) is 29.3 Å². The predicted molar refractivity (Wildman–Crippen MR) is 238 cm³/mol. The number of carbonyl (C=O) groups excluding carboxylic acids is 6. The smallest absolute Gasteiger partial charge is 0.419 e. The Bertz CT molecular complexity index is 2690. The quantitative estimate of drug-likeness (QED) is 0.125. The minimum absolute atomic E-state index is 0.0159. The molecule has 2 aliphatic heterocycles. The zero-order valence-electron chi connectivity index (χ0n) is 36.7. The van der Waals surface area contributed by atoms with E-state index in [-0.39, 0.29) is 48.5 Å². The van der Waals surface area contributed by atoms with Crippen molar-refractivity contribution in [2.45, 2.75) is 78.0 Å². The van der Waals surface area contributed by atoms with E-state index in [2.05, 4.69) is 32.2 Å². The molecular weight excluding hydrogens is 858 g/mol. The molecule has 2 aromatic heterocycles. The summed E-state index contributed by atoms with van der Waals surface area (Å²) < 4.78 is 13.7. The summed E-state index contributed by atoms with van der Waals surface area (Å²) >= 11 is 6.36. The lowest BCUT2D eigenvalue weighted by Crippen LogP contribution is -2.60. The molecule has 0 saturated carbocycles. The van der Waals surface area contributed by atoms with Crippen molar-refractivity contribution in [2.75, 3.05) is 41.7 Å². The number of ether oxygens (including phenoxy) is 2. The van der Waals surface area contributed by atoms with Crippen molar-refractivity contribution in [3.63, 3.8) is 0 Å². The van der Waals surface area contributed by atoms with Crippen LogP contribution in [0, 0.1) is 17.2 Å². The van der Waals surface area contributed by atoms with Gasteiger partial charge in [0, 0.05) is 60.3 Å². The summed E-state index contributed by atoms with van der Waals surface area (Å²) in [5.41, 5.74) is 0.530. The number of rotatable bonds is 9. The van der Waals surface area contributed by atoms with E-state index in [0.717, 1.165) is 4.57 Å². The average molecular weight is 906 g/mol. The molecule has 1 unspecified atom stereocenters. The molecule has 65 heavy (non-hydrogen) atoms. The van der Waals surface area contributed by atoms with Gasteiger partial charge in [0.15, 0.2) is 0 Å². The number of hydrogen-bond acceptors (Lipinski definition) is 12. The Kier molecular flexibility index (Phi) is 12.9. The molecule has 0 radical (unpaired) electrons. The highest BCUT2D eigenvalue weighted by atomic mass is 35.5. The van der Waals surface area contributed by atoms with Crippen LogP contribution in [0.3, 0.4) is 0 Å². The summed E-state index contributed by atoms with van der Waals surface area (Å²) in [6.45, 7) is 11.1. The van der Waals surface area contributed by atoms with Crippen molar-refractivity contribution in [1.29, 1.82) is 5.26 Å². The Morgan fingerprint density at radius 2 is 1.52 bits per heavy atom. The van der Waals surface area contributed by atoms with Crippen LogP contribution in [0.1, 0.15) is 70.4 Å². The van der Waals surface area contributed by atoms with Crippen LogP contribution in [0.15, 0.2) is 73.1 Å². The molecular formula is C45H48ClN11O8. The largest absolute Gasteiger partial charge is 0.455 e. The second-order valence-electron chi connectivity index (χ2n) is 17.7. The summed E-state index contributed by atoms with van der Waals surface area (Å²) in [6.07, 6.45) is 1.70. The second-order valence-corrected chi connectivity index (χ2v) is 18.1. The number of hydrogen-bond donors (Lipinski definition) is 2. The molecule has 5 amide bonds. The van der Waals surface area contributed by atoms with Crippen molar-refractivity contribution in [2.24, 2.45) is 5.92 Å². The standard InChI is InChI=1S/C45H48ClN11O8/c1-44(2,3)64-41(61)37-23-29-22-32(12-14-33(29)57(37)43(63)65-45(4,5)6)49-38(58)36(21-27-7-10-31(11-8-27)50-42(62)53-17-15-28(25-47)16-18-53)55-20-19-54(39(59)40(55)60)35-24-30(46)9-13-34(35)56-26-48-51-52-56/h7-14,22-24,26,28,36H,15-21H2,1-6H3,(H,49,58)(H,50,62). The molecule has 2 saturated heterocycles. The number of aromatic nitrogens is 5. The molecule has 2 N–H and O–H groups in total. The maximum Gasteiger partial charge on any atom is 0.419 e. The number of urea groups is 1. The number of fused-ring (bicyclic) bond motifs is 1. The number of amides is 5. The molecule has 5 aromatic rings. The first kappa shape index (κ1) is 45.7. The van der Waals surface area contributed by atoms with Crippen LogP contribution in [0.25, 0.3) is 16.6 Å². The van der Waals surface area contributed by atoms with Gasteiger partial charge in [-0.15, -0.1) is 5.10 Å². The lowest BCUT2D eigenvalue weighted by Gasteiger charge is -2.38. The fourth-order valence-electron chi connectivity index (χ4n) is 7.56. The number of nitriles is 1. The molecule has 2 fully saturated rings. The maximum absolute atomic E-state index is 14.5. The molecule has 0 aliphatic carbocycles. The number of tetrazole rings is 1. The summed E-state index contributed by atoms with van der Waals surface area (Å²) in [4.78, 5) is 86.9. The summed E-state index contributed by atoms with van der Waals surface area (Å²) in [6, 6.07) is 18.4. The van der Waals surface area contributed by atoms with Gasteiger partial charge in [0.25, 0.3) is 0 Å². The van der Waals surface area contributed by atoms with E-state index >= 15 is 0 Å². The predicted octanol–water partition coefficient (Wildman–Crippen LogP) is 6.20. The first-order valence-electron chi connectivity index (χ1n) is 20.9. The van der Waals surface area contributed by atoms with E-state index in [4.69, 9.17) is 21.1 Å². The minimum atomic E-state index is -1.23. The Labute approximate surface area is 379 Å². The first-order valence-corrected chi connectivity index (χ1v) is 21.3. The van der Waals surface area contributed by atoms with E-state index in [9.17, 15) is 34.0 Å². The fourth-order valence-corrected chi connectivity index (χ4v) is 7.73. The third kappa shape index (κ3) is 10.6. The zero-order chi connectivity index (χ0) is 46.8. The molecule has 3 aromatic carbocycles. The van der Waals surface area contributed by atoms with E-state index < -0.39 is 47.0 Å². The first-order chi connectivity index (χ1) is 30.8. The van der Waals surface area contributed by atoms with Crippen LogP contribution in [-0.2, 0) is 30.3 Å². The van der Waals surface area contributed by atoms with E-state index in [1.54, 1.807) is 101 Å². The van der Waals surface area contributed by atoms with Crippen molar-refractivity contribution < 1.29 is 38.2 Å². The van der Waals surface area contributed by atoms with Crippen molar-refractivity contribution in [3.05, 3.63) is 89.3 Å². The van der Waals surface area contributed by atoms with Gasteiger partial charge < -0.3 is 34.8 Å². The Hall–Kier alpha value is -7.33. The average Bonchev–Trinajstić information content (AvgIpc) is 3.92. The highest BCUT2D eigenvalue weighted by Gasteiger charge is 2.41. The lowest BCUT2D eigenvalue weighted by molar-refractivity contribution is -0.149. The van der Waals surface area contributed by atoms with Gasteiger partial charge in [-0.05, 0) is 125 Å². The number of likely N-dealkylation sites (tertiary alicyclic amines) is 1. The molecule has 0 bridgehead atoms. The number of benzene rings is 3. The molecule has 1 atom stereocenters. The number of nitrogens with one attached hydrogen (secondary N) is 2. The number of piperidine rings is 1. The van der Waals surface area contributed by atoms with Gasteiger partial charge in [-0.3, -0.25) is 14.4 Å². The SMILES string of the molecule is CC(C)(C)OC(=O)c1cc2cc(NC(=O)C(Cc3ccc(NC(=O)N4CCC(C#N)CC4)cc3)N3CCN(c4cc(Cl)ccc4-n4cnnn4)C(=O)C3=O)ccc2n1C(=O)OC(C)(C)C. The Morgan fingerprint density at radius 1 is 0.831 bits per heavy atom. The normalized spacial score (nSPS) is 15.4. The molecule has 338 valence electrons. The maximum atomic E-state index is 14.5. The monoisotopic (exact) mass is 905 g/mol. The van der Waals surface area contributed by atoms with Crippen LogP contribution >= 0.6 is 11.6 Å². The number of esters is 1. The van der Waals surface area contributed by atoms with Gasteiger partial charge >= 0.3 is 29.9 Å². The van der Waals surface area contributed by atoms with E-state index in [1.165, 1.54) is 32.9 Å². The third-order valence-corrected chi connectivity index (χ3v) is 10.8. The number of anilines is 3. The van der Waals surface area contributed by atoms with Crippen LogP contribution in [-0.4, -0.2) is 114 Å². The molecule has 2 aliphatic rings. The van der Waals surface area contributed by atoms with Gasteiger partial charge in [0.05, 0.1) is 23.0 Å². The summed E-state index contributed by atoms with van der Waals surface area (Å²) in [5, 5.41) is 27.0. The Balaban J connectivity index is 1.17. The number of carbonyl (C=O) groups is 6. The van der Waals surface area contributed by atoms with Crippen LogP contribution < -0.4 is 15.5 Å². The van der Waals surface area contributed by atoms with E-state index in [1.807, 2.05) is 0 Å². The van der Waals surface area contributed by atoms with Crippen LogP contribution in [0.2, 0.25) is 5.02 Å². The third-order valence-electron chi connectivity index (χ3n) is 10.6. The molecule has 7 rings (SSSR count). The minimum Gasteiger partial charge on any atom is -0.455 e. The van der Waals surface area contributed by atoms with Crippen molar-refractivity contribution in [1.82, 2.24) is 34.6 Å². The molecule has 4 heterocycles. The van der Waals surface area contributed by atoms with E-state index in [0.29, 0.717) is 58.8 Å². The number of piperazine rings is 1. The lowest BCUT2D eigenvalue weighted by atomic mass is 9.99. The van der Waals surface area contributed by atoms with Crippen LogP contribution in [0.4, 0.5) is 26.7 Å². The highest BCUT2D eigenvalue weighted by molar-refractivity contribution is 6.41. The van der Waals surface area contributed by atoms with Crippen molar-refractivity contribution in [3.8, 4) is 11.8 Å². The molecule has 20 heteroatoms.